The van der Waals surface area contributed by atoms with E-state index in [4.69, 9.17) is 10.5 Å². The maximum atomic E-state index is 13.2. The van der Waals surface area contributed by atoms with E-state index in [1.165, 1.54) is 18.5 Å². The molecule has 1 aromatic heterocycles. The molecule has 7 heteroatoms. The third-order valence-corrected chi connectivity index (χ3v) is 3.00. The Morgan fingerprint density at radius 2 is 2.21 bits per heavy atom. The summed E-state index contributed by atoms with van der Waals surface area (Å²) in [4.78, 5) is 7.94. The van der Waals surface area contributed by atoms with Crippen molar-refractivity contribution in [2.75, 3.05) is 17.7 Å². The molecule has 1 aromatic carbocycles. The van der Waals surface area contributed by atoms with Gasteiger partial charge in [0.05, 0.1) is 12.3 Å². The molecule has 1 heterocycles. The first-order chi connectivity index (χ1) is 9.11. The summed E-state index contributed by atoms with van der Waals surface area (Å²) in [6.45, 7) is 2.28. The standard InChI is InChI=1S/C12H12BrFN4O/c1-2-19-12-10(15)11(16-6-17-12)18-9-5-7(14)3-4-8(9)13/h3-6H,2,15H2,1H3,(H,16,17,18). The zero-order valence-electron chi connectivity index (χ0n) is 10.2. The number of anilines is 3. The third kappa shape index (κ3) is 3.11. The molecule has 19 heavy (non-hydrogen) atoms. The number of nitrogen functional groups attached to an aromatic ring is 1. The largest absolute Gasteiger partial charge is 0.476 e. The minimum Gasteiger partial charge on any atom is -0.476 e. The van der Waals surface area contributed by atoms with Gasteiger partial charge < -0.3 is 15.8 Å². The molecule has 0 unspecified atom stereocenters. The lowest BCUT2D eigenvalue weighted by molar-refractivity contribution is 0.328. The van der Waals surface area contributed by atoms with E-state index in [0.717, 1.165) is 0 Å². The van der Waals surface area contributed by atoms with Gasteiger partial charge >= 0.3 is 0 Å². The fourth-order valence-corrected chi connectivity index (χ4v) is 1.80. The molecule has 0 saturated heterocycles. The lowest BCUT2D eigenvalue weighted by atomic mass is 10.3. The van der Waals surface area contributed by atoms with Gasteiger partial charge in [0.15, 0.2) is 5.82 Å². The van der Waals surface area contributed by atoms with Crippen molar-refractivity contribution in [1.82, 2.24) is 9.97 Å². The SMILES string of the molecule is CCOc1ncnc(Nc2cc(F)ccc2Br)c1N. The molecule has 5 nitrogen and oxygen atoms in total. The van der Waals surface area contributed by atoms with Crippen LogP contribution in [0.3, 0.4) is 0 Å². The van der Waals surface area contributed by atoms with Gasteiger partial charge in [-0.25, -0.2) is 9.37 Å². The molecule has 0 spiro atoms. The van der Waals surface area contributed by atoms with Gasteiger partial charge in [0.2, 0.25) is 5.88 Å². The van der Waals surface area contributed by atoms with Crippen LogP contribution in [-0.2, 0) is 0 Å². The van der Waals surface area contributed by atoms with Gasteiger partial charge in [-0.1, -0.05) is 0 Å². The molecule has 0 amide bonds. The number of hydrogen-bond acceptors (Lipinski definition) is 5. The van der Waals surface area contributed by atoms with E-state index in [9.17, 15) is 4.39 Å². The second kappa shape index (κ2) is 5.83. The van der Waals surface area contributed by atoms with Crippen molar-refractivity contribution in [2.24, 2.45) is 0 Å². The van der Waals surface area contributed by atoms with Crippen molar-refractivity contribution in [2.45, 2.75) is 6.92 Å². The highest BCUT2D eigenvalue weighted by atomic mass is 79.9. The fraction of sp³-hybridized carbons (Fsp3) is 0.167. The summed E-state index contributed by atoms with van der Waals surface area (Å²) in [6, 6.07) is 4.29. The van der Waals surface area contributed by atoms with Crippen molar-refractivity contribution in [1.29, 1.82) is 0 Å². The van der Waals surface area contributed by atoms with Gasteiger partial charge in [-0.05, 0) is 41.1 Å². The highest BCUT2D eigenvalue weighted by molar-refractivity contribution is 9.10. The molecule has 2 rings (SSSR count). The number of nitrogens with two attached hydrogens (primary N) is 1. The van der Waals surface area contributed by atoms with E-state index in [1.54, 1.807) is 6.07 Å². The topological polar surface area (TPSA) is 73.1 Å². The molecule has 0 atom stereocenters. The minimum absolute atomic E-state index is 0.278. The van der Waals surface area contributed by atoms with Crippen LogP contribution in [0.1, 0.15) is 6.92 Å². The van der Waals surface area contributed by atoms with Gasteiger partial charge in [-0.2, -0.15) is 4.98 Å². The maximum absolute atomic E-state index is 13.2. The predicted octanol–water partition coefficient (Wildman–Crippen LogP) is 3.10. The smallest absolute Gasteiger partial charge is 0.242 e. The van der Waals surface area contributed by atoms with Gasteiger partial charge in [0.25, 0.3) is 0 Å². The Bertz CT molecular complexity index is 594. The number of benzene rings is 1. The average molecular weight is 327 g/mol. The van der Waals surface area contributed by atoms with E-state index in [1.807, 2.05) is 6.92 Å². The van der Waals surface area contributed by atoms with Crippen LogP contribution in [-0.4, -0.2) is 16.6 Å². The minimum atomic E-state index is -0.358. The molecule has 0 aliphatic rings. The number of aromatic nitrogens is 2. The van der Waals surface area contributed by atoms with Gasteiger partial charge in [-0.3, -0.25) is 0 Å². The number of ether oxygens (including phenoxy) is 1. The second-order valence-electron chi connectivity index (χ2n) is 3.62. The van der Waals surface area contributed by atoms with E-state index in [0.29, 0.717) is 28.5 Å². The van der Waals surface area contributed by atoms with E-state index < -0.39 is 0 Å². The molecule has 0 bridgehead atoms. The van der Waals surface area contributed by atoms with Crippen LogP contribution < -0.4 is 15.8 Å². The Morgan fingerprint density at radius 1 is 1.42 bits per heavy atom. The molecule has 0 saturated carbocycles. The number of halogens is 2. The number of nitrogens with one attached hydrogen (secondary N) is 1. The lowest BCUT2D eigenvalue weighted by Crippen LogP contribution is -2.05. The highest BCUT2D eigenvalue weighted by Crippen LogP contribution is 2.31. The average Bonchev–Trinajstić information content (AvgIpc) is 2.39. The van der Waals surface area contributed by atoms with E-state index in [2.05, 4.69) is 31.2 Å². The Hall–Kier alpha value is -1.89. The first-order valence-electron chi connectivity index (χ1n) is 5.57. The summed E-state index contributed by atoms with van der Waals surface area (Å²) in [7, 11) is 0. The first kappa shape index (κ1) is 13.5. The Labute approximate surface area is 118 Å². The van der Waals surface area contributed by atoms with Crippen molar-refractivity contribution in [3.8, 4) is 5.88 Å². The van der Waals surface area contributed by atoms with Crippen LogP contribution in [0.25, 0.3) is 0 Å². The van der Waals surface area contributed by atoms with Crippen LogP contribution >= 0.6 is 15.9 Å². The summed E-state index contributed by atoms with van der Waals surface area (Å²) >= 11 is 3.32. The summed E-state index contributed by atoms with van der Waals surface area (Å²) in [5, 5.41) is 2.94. The molecule has 2 aromatic rings. The fourth-order valence-electron chi connectivity index (χ4n) is 1.45. The quantitative estimate of drug-likeness (QED) is 0.903. The highest BCUT2D eigenvalue weighted by Gasteiger charge is 2.10. The van der Waals surface area contributed by atoms with Crippen LogP contribution in [0.2, 0.25) is 0 Å². The Morgan fingerprint density at radius 3 is 2.95 bits per heavy atom. The number of nitrogens with zero attached hydrogens (tertiary/aromatic N) is 2. The van der Waals surface area contributed by atoms with E-state index in [-0.39, 0.29) is 11.5 Å². The molecule has 0 radical (unpaired) electrons. The lowest BCUT2D eigenvalue weighted by Gasteiger charge is -2.12. The third-order valence-electron chi connectivity index (χ3n) is 2.31. The van der Waals surface area contributed by atoms with Crippen molar-refractivity contribution in [3.63, 3.8) is 0 Å². The Kier molecular flexibility index (Phi) is 4.16. The van der Waals surface area contributed by atoms with Gasteiger partial charge in [0, 0.05) is 4.47 Å². The molecule has 0 fully saturated rings. The molecular weight excluding hydrogens is 315 g/mol. The number of hydrogen-bond donors (Lipinski definition) is 2. The monoisotopic (exact) mass is 326 g/mol. The summed E-state index contributed by atoms with van der Waals surface area (Å²) < 4.78 is 19.2. The normalized spacial score (nSPS) is 10.3. The zero-order valence-corrected chi connectivity index (χ0v) is 11.7. The zero-order chi connectivity index (χ0) is 13.8. The van der Waals surface area contributed by atoms with E-state index >= 15 is 0 Å². The van der Waals surface area contributed by atoms with Crippen LogP contribution in [0, 0.1) is 5.82 Å². The summed E-state index contributed by atoms with van der Waals surface area (Å²) in [6.07, 6.45) is 1.33. The maximum Gasteiger partial charge on any atom is 0.242 e. The summed E-state index contributed by atoms with van der Waals surface area (Å²) in [5.41, 5.74) is 6.68. The van der Waals surface area contributed by atoms with Crippen LogP contribution in [0.4, 0.5) is 21.6 Å². The second-order valence-corrected chi connectivity index (χ2v) is 4.48. The first-order valence-corrected chi connectivity index (χ1v) is 6.36. The Balaban J connectivity index is 2.33. The molecule has 0 aliphatic carbocycles. The molecule has 3 N–H and O–H groups in total. The predicted molar refractivity (Wildman–Crippen MR) is 75.0 cm³/mol. The molecular formula is C12H12BrFN4O. The van der Waals surface area contributed by atoms with Crippen molar-refractivity contribution >= 4 is 33.1 Å². The summed E-state index contributed by atoms with van der Waals surface area (Å²) in [5.74, 6) is 0.306. The number of rotatable bonds is 4. The van der Waals surface area contributed by atoms with Crippen molar-refractivity contribution in [3.05, 3.63) is 34.8 Å². The van der Waals surface area contributed by atoms with Gasteiger partial charge in [-0.15, -0.1) is 0 Å². The molecule has 0 aliphatic heterocycles. The molecule has 100 valence electrons. The van der Waals surface area contributed by atoms with Crippen molar-refractivity contribution < 1.29 is 9.13 Å². The van der Waals surface area contributed by atoms with Gasteiger partial charge in [0.1, 0.15) is 17.8 Å². The van der Waals surface area contributed by atoms with Crippen LogP contribution in [0.5, 0.6) is 5.88 Å². The van der Waals surface area contributed by atoms with Crippen LogP contribution in [0.15, 0.2) is 29.0 Å².